The van der Waals surface area contributed by atoms with Crippen LogP contribution in [0.3, 0.4) is 0 Å². The molecule has 0 aliphatic heterocycles. The second kappa shape index (κ2) is 10.1. The summed E-state index contributed by atoms with van der Waals surface area (Å²) in [6.07, 6.45) is 0. The first-order chi connectivity index (χ1) is 15.6. The van der Waals surface area contributed by atoms with Gasteiger partial charge in [-0.3, -0.25) is 9.59 Å². The van der Waals surface area contributed by atoms with Gasteiger partial charge in [0.1, 0.15) is 12.3 Å². The van der Waals surface area contributed by atoms with Crippen molar-refractivity contribution in [2.45, 2.75) is 27.7 Å². The van der Waals surface area contributed by atoms with Crippen LogP contribution in [0.2, 0.25) is 0 Å². The topological polar surface area (TPSA) is 68.6 Å². The second-order valence-electron chi connectivity index (χ2n) is 8.20. The molecule has 0 unspecified atom stereocenters. The third-order valence-electron chi connectivity index (χ3n) is 6.33. The molecule has 0 atom stereocenters. The zero-order valence-corrected chi connectivity index (χ0v) is 21.1. The minimum absolute atomic E-state index is 0.215. The van der Waals surface area contributed by atoms with Gasteiger partial charge in [0.2, 0.25) is 5.78 Å². The standard InChI is InChI=1S/C25H28Cl2N2O4/c1-14-12-18(6-7-20(14)29(10-8-26)11-9-27)25(32)33-13-19-16(3)23(30)22-21(24(19)31)15(2)17(4)28(22)5/h6-7,12H,8-11,13H2,1-5H3. The van der Waals surface area contributed by atoms with E-state index in [9.17, 15) is 14.4 Å². The Hall–Kier alpha value is -2.57. The van der Waals surface area contributed by atoms with E-state index in [4.69, 9.17) is 27.9 Å². The van der Waals surface area contributed by atoms with Crippen LogP contribution in [-0.2, 0) is 11.8 Å². The van der Waals surface area contributed by atoms with Crippen LogP contribution in [0, 0.1) is 20.8 Å². The van der Waals surface area contributed by atoms with Crippen LogP contribution < -0.4 is 4.90 Å². The van der Waals surface area contributed by atoms with Crippen molar-refractivity contribution < 1.29 is 19.1 Å². The largest absolute Gasteiger partial charge is 0.457 e. The number of hydrogen-bond donors (Lipinski definition) is 0. The van der Waals surface area contributed by atoms with Crippen molar-refractivity contribution in [2.24, 2.45) is 7.05 Å². The number of Topliss-reactive ketones (excluding diaryl/α,β-unsaturated/α-hetero) is 2. The number of ketones is 2. The van der Waals surface area contributed by atoms with E-state index < -0.39 is 5.97 Å². The van der Waals surface area contributed by atoms with Gasteiger partial charge in [0.15, 0.2) is 5.78 Å². The highest BCUT2D eigenvalue weighted by molar-refractivity contribution is 6.27. The van der Waals surface area contributed by atoms with Crippen LogP contribution in [0.25, 0.3) is 0 Å². The van der Waals surface area contributed by atoms with E-state index in [1.807, 2.05) is 26.8 Å². The van der Waals surface area contributed by atoms with Crippen molar-refractivity contribution in [3.05, 3.63) is 63.0 Å². The number of aryl methyl sites for hydroxylation is 1. The molecule has 0 amide bonds. The lowest BCUT2D eigenvalue weighted by Gasteiger charge is -2.25. The maximum atomic E-state index is 13.2. The summed E-state index contributed by atoms with van der Waals surface area (Å²) in [6.45, 7) is 8.23. The average molecular weight is 491 g/mol. The van der Waals surface area contributed by atoms with E-state index in [2.05, 4.69) is 4.90 Å². The summed E-state index contributed by atoms with van der Waals surface area (Å²) in [5.41, 5.74) is 5.16. The summed E-state index contributed by atoms with van der Waals surface area (Å²) < 4.78 is 7.22. The van der Waals surface area contributed by atoms with E-state index in [-0.39, 0.29) is 23.7 Å². The number of hydrogen-bond acceptors (Lipinski definition) is 5. The molecular formula is C25H28Cl2N2O4. The smallest absolute Gasteiger partial charge is 0.338 e. The molecule has 0 saturated carbocycles. The second-order valence-corrected chi connectivity index (χ2v) is 8.95. The molecule has 0 fully saturated rings. The Morgan fingerprint density at radius 2 is 1.67 bits per heavy atom. The van der Waals surface area contributed by atoms with Crippen LogP contribution in [0.1, 0.15) is 54.9 Å². The highest BCUT2D eigenvalue weighted by atomic mass is 35.5. The molecule has 176 valence electrons. The fourth-order valence-electron chi connectivity index (χ4n) is 4.21. The number of ether oxygens (including phenoxy) is 1. The molecule has 1 aliphatic carbocycles. The van der Waals surface area contributed by atoms with Crippen molar-refractivity contribution in [3.8, 4) is 0 Å². The SMILES string of the molecule is CC1=C(COC(=O)c2ccc(N(CCCl)CCCl)c(C)c2)C(=O)c2c(C)c(C)n(C)c2C1=O. The zero-order chi connectivity index (χ0) is 24.4. The maximum absolute atomic E-state index is 13.2. The molecule has 0 radical (unpaired) electrons. The van der Waals surface area contributed by atoms with Crippen LogP contribution >= 0.6 is 23.2 Å². The van der Waals surface area contributed by atoms with Gasteiger partial charge in [0.05, 0.1) is 11.1 Å². The van der Waals surface area contributed by atoms with Gasteiger partial charge in [-0.05, 0) is 57.0 Å². The first kappa shape index (κ1) is 25.1. The summed E-state index contributed by atoms with van der Waals surface area (Å²) in [5.74, 6) is -0.112. The molecule has 0 N–H and O–H groups in total. The first-order valence-electron chi connectivity index (χ1n) is 10.7. The number of anilines is 1. The molecule has 0 saturated heterocycles. The third kappa shape index (κ3) is 4.59. The maximum Gasteiger partial charge on any atom is 0.338 e. The van der Waals surface area contributed by atoms with Gasteiger partial charge in [0, 0.05) is 54.4 Å². The van der Waals surface area contributed by atoms with E-state index in [1.54, 1.807) is 30.7 Å². The number of esters is 1. The lowest BCUT2D eigenvalue weighted by molar-refractivity contribution is 0.0533. The number of alkyl halides is 2. The average Bonchev–Trinajstić information content (AvgIpc) is 3.01. The number of aromatic nitrogens is 1. The van der Waals surface area contributed by atoms with Gasteiger partial charge in [0.25, 0.3) is 0 Å². The van der Waals surface area contributed by atoms with Crippen molar-refractivity contribution in [2.75, 3.05) is 36.4 Å². The third-order valence-corrected chi connectivity index (χ3v) is 6.67. The van der Waals surface area contributed by atoms with E-state index in [0.717, 1.165) is 22.5 Å². The van der Waals surface area contributed by atoms with E-state index >= 15 is 0 Å². The lowest BCUT2D eigenvalue weighted by atomic mass is 9.87. The van der Waals surface area contributed by atoms with Crippen LogP contribution in [0.15, 0.2) is 29.3 Å². The molecule has 33 heavy (non-hydrogen) atoms. The Morgan fingerprint density at radius 1 is 1.03 bits per heavy atom. The Kier molecular flexibility index (Phi) is 7.70. The van der Waals surface area contributed by atoms with Crippen LogP contribution in [0.4, 0.5) is 5.69 Å². The van der Waals surface area contributed by atoms with Gasteiger partial charge >= 0.3 is 5.97 Å². The van der Waals surface area contributed by atoms with Gasteiger partial charge in [-0.25, -0.2) is 4.79 Å². The highest BCUT2D eigenvalue weighted by Gasteiger charge is 2.35. The fourth-order valence-corrected chi connectivity index (χ4v) is 4.62. The number of carbonyl (C=O) groups excluding carboxylic acids is 3. The first-order valence-corrected chi connectivity index (χ1v) is 11.8. The molecular weight excluding hydrogens is 463 g/mol. The zero-order valence-electron chi connectivity index (χ0n) is 19.6. The number of benzene rings is 1. The number of allylic oxidation sites excluding steroid dienone is 1. The molecule has 0 spiro atoms. The Balaban J connectivity index is 1.80. The number of halogens is 2. The van der Waals surface area contributed by atoms with Gasteiger partial charge in [-0.1, -0.05) is 0 Å². The van der Waals surface area contributed by atoms with Crippen molar-refractivity contribution in [3.63, 3.8) is 0 Å². The highest BCUT2D eigenvalue weighted by Crippen LogP contribution is 2.32. The molecule has 1 aromatic heterocycles. The Morgan fingerprint density at radius 3 is 2.24 bits per heavy atom. The van der Waals surface area contributed by atoms with Crippen molar-refractivity contribution in [1.29, 1.82) is 0 Å². The minimum atomic E-state index is -0.557. The Bertz CT molecular complexity index is 1160. The molecule has 3 rings (SSSR count). The monoisotopic (exact) mass is 490 g/mol. The lowest BCUT2D eigenvalue weighted by Crippen LogP contribution is -2.28. The fraction of sp³-hybridized carbons (Fsp3) is 0.400. The number of rotatable bonds is 8. The van der Waals surface area contributed by atoms with Crippen molar-refractivity contribution in [1.82, 2.24) is 4.57 Å². The molecule has 6 nitrogen and oxygen atoms in total. The number of fused-ring (bicyclic) bond motifs is 1. The molecule has 1 aliphatic rings. The predicted octanol–water partition coefficient (Wildman–Crippen LogP) is 4.79. The summed E-state index contributed by atoms with van der Waals surface area (Å²) in [4.78, 5) is 40.9. The van der Waals surface area contributed by atoms with E-state index in [1.165, 1.54) is 0 Å². The summed E-state index contributed by atoms with van der Waals surface area (Å²) in [6, 6.07) is 5.26. The summed E-state index contributed by atoms with van der Waals surface area (Å²) >= 11 is 11.8. The number of nitrogens with zero attached hydrogens (tertiary/aromatic N) is 2. The molecule has 1 heterocycles. The quantitative estimate of drug-likeness (QED) is 0.393. The normalized spacial score (nSPS) is 13.4. The van der Waals surface area contributed by atoms with E-state index in [0.29, 0.717) is 47.2 Å². The Labute approximate surface area is 204 Å². The molecule has 8 heteroatoms. The summed E-state index contributed by atoms with van der Waals surface area (Å²) in [7, 11) is 1.78. The number of carbonyl (C=O) groups is 3. The minimum Gasteiger partial charge on any atom is -0.457 e. The molecule has 1 aromatic carbocycles. The van der Waals surface area contributed by atoms with Gasteiger partial charge in [-0.15, -0.1) is 23.2 Å². The summed E-state index contributed by atoms with van der Waals surface area (Å²) in [5, 5.41) is 0. The van der Waals surface area contributed by atoms with Crippen LogP contribution in [-0.4, -0.2) is 53.6 Å². The van der Waals surface area contributed by atoms with Gasteiger partial charge < -0.3 is 14.2 Å². The predicted molar refractivity (Wildman–Crippen MR) is 131 cm³/mol. The van der Waals surface area contributed by atoms with Gasteiger partial charge in [-0.2, -0.15) is 0 Å². The van der Waals surface area contributed by atoms with Crippen molar-refractivity contribution >= 4 is 46.4 Å². The molecule has 0 bridgehead atoms. The molecule has 2 aromatic rings. The van der Waals surface area contributed by atoms with Crippen LogP contribution in [0.5, 0.6) is 0 Å².